The van der Waals surface area contributed by atoms with Crippen molar-refractivity contribution in [2.75, 3.05) is 32.6 Å². The average molecular weight is 346 g/mol. The van der Waals surface area contributed by atoms with Gasteiger partial charge in [0, 0.05) is 38.1 Å². The van der Waals surface area contributed by atoms with E-state index in [4.69, 9.17) is 16.3 Å². The number of benzene rings is 2. The Bertz CT molecular complexity index is 731. The fourth-order valence-electron chi connectivity index (χ4n) is 2.32. The Morgan fingerprint density at radius 3 is 2.62 bits per heavy atom. The van der Waals surface area contributed by atoms with Gasteiger partial charge in [-0.05, 0) is 43.7 Å². The number of halogens is 1. The molecule has 0 heterocycles. The third-order valence-corrected chi connectivity index (χ3v) is 4.26. The van der Waals surface area contributed by atoms with E-state index in [0.717, 1.165) is 34.9 Å². The molecule has 0 bridgehead atoms. The third-order valence-electron chi connectivity index (χ3n) is 3.96. The van der Waals surface area contributed by atoms with Gasteiger partial charge < -0.3 is 14.5 Å². The number of hydrogen-bond donors (Lipinski definition) is 0. The maximum atomic E-state index is 6.43. The largest absolute Gasteiger partial charge is 0.497 e. The van der Waals surface area contributed by atoms with Crippen LogP contribution in [0.25, 0.3) is 0 Å². The molecule has 2 rings (SSSR count). The maximum absolute atomic E-state index is 6.43. The molecule has 0 unspecified atom stereocenters. The summed E-state index contributed by atoms with van der Waals surface area (Å²) in [7, 11) is 5.66. The fraction of sp³-hybridized carbons (Fsp3) is 0.316. The summed E-state index contributed by atoms with van der Waals surface area (Å²) >= 11 is 6.43. The van der Waals surface area contributed by atoms with Crippen LogP contribution in [0.2, 0.25) is 5.02 Å². The molecule has 0 aliphatic heterocycles. The first-order valence-corrected chi connectivity index (χ1v) is 8.26. The van der Waals surface area contributed by atoms with Crippen LogP contribution in [0.5, 0.6) is 5.75 Å². The van der Waals surface area contributed by atoms with Crippen molar-refractivity contribution in [3.05, 3.63) is 47.0 Å². The van der Waals surface area contributed by atoms with Crippen molar-refractivity contribution in [3.63, 3.8) is 0 Å². The van der Waals surface area contributed by atoms with Crippen molar-refractivity contribution in [2.24, 2.45) is 4.99 Å². The number of aryl methyl sites for hydroxylation is 1. The molecule has 0 radical (unpaired) electrons. The zero-order chi connectivity index (χ0) is 17.7. The minimum Gasteiger partial charge on any atom is -0.497 e. The molecule has 0 aliphatic rings. The van der Waals surface area contributed by atoms with Crippen LogP contribution in [-0.4, -0.2) is 39.0 Å². The van der Waals surface area contributed by atoms with E-state index >= 15 is 0 Å². The summed E-state index contributed by atoms with van der Waals surface area (Å²) in [5, 5.41) is 0.631. The Hall–Kier alpha value is -2.20. The van der Waals surface area contributed by atoms with Gasteiger partial charge in [0.15, 0.2) is 0 Å². The molecule has 0 fully saturated rings. The zero-order valence-electron chi connectivity index (χ0n) is 14.9. The highest BCUT2D eigenvalue weighted by atomic mass is 35.5. The van der Waals surface area contributed by atoms with E-state index in [1.165, 1.54) is 0 Å². The molecule has 2 aromatic carbocycles. The van der Waals surface area contributed by atoms with Crippen molar-refractivity contribution < 1.29 is 4.74 Å². The average Bonchev–Trinajstić information content (AvgIpc) is 2.61. The van der Waals surface area contributed by atoms with Gasteiger partial charge in [-0.15, -0.1) is 0 Å². The lowest BCUT2D eigenvalue weighted by Gasteiger charge is -2.23. The number of anilines is 2. The van der Waals surface area contributed by atoms with E-state index in [2.05, 4.69) is 23.7 Å². The van der Waals surface area contributed by atoms with Crippen LogP contribution in [0, 0.1) is 6.92 Å². The quantitative estimate of drug-likeness (QED) is 0.542. The van der Waals surface area contributed by atoms with Crippen molar-refractivity contribution in [2.45, 2.75) is 13.8 Å². The van der Waals surface area contributed by atoms with Crippen LogP contribution in [0.4, 0.5) is 17.1 Å². The van der Waals surface area contributed by atoms with Gasteiger partial charge in [-0.3, -0.25) is 0 Å². The van der Waals surface area contributed by atoms with Gasteiger partial charge in [0.2, 0.25) is 0 Å². The molecule has 0 aromatic heterocycles. The summed E-state index contributed by atoms with van der Waals surface area (Å²) in [4.78, 5) is 8.56. The predicted molar refractivity (Wildman–Crippen MR) is 104 cm³/mol. The molecule has 0 spiro atoms. The highest BCUT2D eigenvalue weighted by molar-refractivity contribution is 6.33. The van der Waals surface area contributed by atoms with Gasteiger partial charge in [-0.2, -0.15) is 0 Å². The summed E-state index contributed by atoms with van der Waals surface area (Å²) < 4.78 is 5.30. The topological polar surface area (TPSA) is 28.1 Å². The molecule has 0 saturated heterocycles. The summed E-state index contributed by atoms with van der Waals surface area (Å²) in [5.41, 5.74) is 3.96. The van der Waals surface area contributed by atoms with Crippen LogP contribution in [0.3, 0.4) is 0 Å². The first-order valence-electron chi connectivity index (χ1n) is 7.88. The standard InChI is InChI=1S/C19H24ClN3O/c1-6-22(3)13-21-18-10-14(2)19(12-17(18)20)23(4)15-8-7-9-16(11-15)24-5/h7-13H,6H2,1-5H3. The van der Waals surface area contributed by atoms with Crippen LogP contribution in [0.15, 0.2) is 41.4 Å². The number of hydrogen-bond acceptors (Lipinski definition) is 3. The normalized spacial score (nSPS) is 10.9. The molecule has 0 atom stereocenters. The monoisotopic (exact) mass is 345 g/mol. The van der Waals surface area contributed by atoms with Crippen molar-refractivity contribution in [3.8, 4) is 5.75 Å². The molecule has 0 amide bonds. The molecule has 128 valence electrons. The Balaban J connectivity index is 2.34. The first-order chi connectivity index (χ1) is 11.5. The molecule has 0 aliphatic carbocycles. The number of aliphatic imine (C=N–C) groups is 1. The highest BCUT2D eigenvalue weighted by Gasteiger charge is 2.11. The van der Waals surface area contributed by atoms with Crippen LogP contribution < -0.4 is 9.64 Å². The second-order valence-electron chi connectivity index (χ2n) is 5.67. The zero-order valence-corrected chi connectivity index (χ0v) is 15.6. The molecule has 24 heavy (non-hydrogen) atoms. The van der Waals surface area contributed by atoms with Gasteiger partial charge in [0.1, 0.15) is 5.75 Å². The summed E-state index contributed by atoms with van der Waals surface area (Å²) in [5.74, 6) is 0.826. The van der Waals surface area contributed by atoms with Gasteiger partial charge in [-0.1, -0.05) is 17.7 Å². The predicted octanol–water partition coefficient (Wildman–Crippen LogP) is 5.04. The Morgan fingerprint density at radius 1 is 1.21 bits per heavy atom. The van der Waals surface area contributed by atoms with Crippen molar-refractivity contribution in [1.82, 2.24) is 4.90 Å². The molecular formula is C19H24ClN3O. The van der Waals surface area contributed by atoms with Gasteiger partial charge in [0.05, 0.1) is 24.2 Å². The van der Waals surface area contributed by atoms with Gasteiger partial charge >= 0.3 is 0 Å². The lowest BCUT2D eigenvalue weighted by molar-refractivity contribution is 0.415. The lowest BCUT2D eigenvalue weighted by Crippen LogP contribution is -2.14. The summed E-state index contributed by atoms with van der Waals surface area (Å²) in [6.07, 6.45) is 1.80. The first kappa shape index (κ1) is 18.1. The minimum absolute atomic E-state index is 0.631. The summed E-state index contributed by atoms with van der Waals surface area (Å²) in [6, 6.07) is 11.9. The molecule has 2 aromatic rings. The maximum Gasteiger partial charge on any atom is 0.120 e. The smallest absolute Gasteiger partial charge is 0.120 e. The van der Waals surface area contributed by atoms with Gasteiger partial charge in [0.25, 0.3) is 0 Å². The van der Waals surface area contributed by atoms with E-state index in [1.807, 2.05) is 55.4 Å². The lowest BCUT2D eigenvalue weighted by atomic mass is 10.1. The Morgan fingerprint density at radius 2 is 1.96 bits per heavy atom. The number of rotatable bonds is 6. The number of methoxy groups -OCH3 is 1. The number of nitrogens with zero attached hydrogens (tertiary/aromatic N) is 3. The van der Waals surface area contributed by atoms with E-state index in [-0.39, 0.29) is 0 Å². The van der Waals surface area contributed by atoms with E-state index in [1.54, 1.807) is 13.4 Å². The van der Waals surface area contributed by atoms with E-state index < -0.39 is 0 Å². The summed E-state index contributed by atoms with van der Waals surface area (Å²) in [6.45, 7) is 5.03. The minimum atomic E-state index is 0.631. The fourth-order valence-corrected chi connectivity index (χ4v) is 2.52. The molecule has 5 heteroatoms. The second-order valence-corrected chi connectivity index (χ2v) is 6.08. The second kappa shape index (κ2) is 8.06. The molecular weight excluding hydrogens is 322 g/mol. The number of ether oxygens (including phenoxy) is 1. The van der Waals surface area contributed by atoms with Crippen LogP contribution >= 0.6 is 11.6 Å². The molecule has 4 nitrogen and oxygen atoms in total. The van der Waals surface area contributed by atoms with E-state index in [9.17, 15) is 0 Å². The van der Waals surface area contributed by atoms with Crippen molar-refractivity contribution in [1.29, 1.82) is 0 Å². The SMILES string of the molecule is CCN(C)C=Nc1cc(C)c(N(C)c2cccc(OC)c2)cc1Cl. The highest BCUT2D eigenvalue weighted by Crippen LogP contribution is 2.36. The molecule has 0 saturated carbocycles. The third kappa shape index (κ3) is 4.20. The van der Waals surface area contributed by atoms with E-state index in [0.29, 0.717) is 5.02 Å². The van der Waals surface area contributed by atoms with Gasteiger partial charge in [-0.25, -0.2) is 4.99 Å². The van der Waals surface area contributed by atoms with Crippen molar-refractivity contribution >= 4 is 35.0 Å². The Labute approximate surface area is 149 Å². The van der Waals surface area contributed by atoms with Crippen LogP contribution in [-0.2, 0) is 0 Å². The van der Waals surface area contributed by atoms with Crippen LogP contribution in [0.1, 0.15) is 12.5 Å². The molecule has 0 N–H and O–H groups in total. The Kier molecular flexibility index (Phi) is 6.10.